The Kier molecular flexibility index (Phi) is 5.82. The van der Waals surface area contributed by atoms with Crippen LogP contribution in [0.2, 0.25) is 0 Å². The second kappa shape index (κ2) is 8.10. The highest BCUT2D eigenvalue weighted by Crippen LogP contribution is 2.35. The number of rotatable bonds is 4. The molecule has 1 heterocycles. The first-order chi connectivity index (χ1) is 12.8. The predicted octanol–water partition coefficient (Wildman–Crippen LogP) is 4.30. The first kappa shape index (κ1) is 19.4. The molecule has 2 aromatic rings. The zero-order valence-corrected chi connectivity index (χ0v) is 16.4. The number of benzene rings is 2. The van der Waals surface area contributed by atoms with Gasteiger partial charge in [0.1, 0.15) is 0 Å². The monoisotopic (exact) mass is 386 g/mol. The molecule has 142 valence electrons. The fourth-order valence-corrected chi connectivity index (χ4v) is 4.04. The number of carbonyl (C=O) groups is 1. The van der Waals surface area contributed by atoms with Gasteiger partial charge in [0.2, 0.25) is 0 Å². The van der Waals surface area contributed by atoms with Gasteiger partial charge in [0.25, 0.3) is 11.6 Å². The summed E-state index contributed by atoms with van der Waals surface area (Å²) in [5, 5.41) is 11.6. The molecule has 0 bridgehead atoms. The highest BCUT2D eigenvalue weighted by atomic mass is 32.2. The average Bonchev–Trinajstić information content (AvgIpc) is 2.62. The van der Waals surface area contributed by atoms with Crippen LogP contribution in [0.5, 0.6) is 0 Å². The number of hydrogen-bond donors (Lipinski definition) is 0. The highest BCUT2D eigenvalue weighted by molar-refractivity contribution is 7.99. The van der Waals surface area contributed by atoms with Crippen molar-refractivity contribution in [2.75, 3.05) is 13.1 Å². The van der Waals surface area contributed by atoms with Crippen molar-refractivity contribution in [1.29, 1.82) is 0 Å². The van der Waals surface area contributed by atoms with E-state index in [0.29, 0.717) is 23.5 Å². The molecule has 0 spiro atoms. The number of carbonyl (C=O) groups excluding carboxylic acids is 1. The van der Waals surface area contributed by atoms with Gasteiger partial charge in [-0.1, -0.05) is 29.5 Å². The standard InChI is InChI=1S/C20H22N2O4S/c1-13-4-7-17(8-5-13)27-19-9-6-16(10-18(19)22(24)25)20(23)21-11-14(2)26-15(3)12-21/h4-10,14-15H,11-12H2,1-3H3. The van der Waals surface area contributed by atoms with E-state index in [-0.39, 0.29) is 23.8 Å². The van der Waals surface area contributed by atoms with Crippen molar-refractivity contribution in [3.05, 3.63) is 63.7 Å². The SMILES string of the molecule is Cc1ccc(Sc2ccc(C(=O)N3CC(C)OC(C)C3)cc2[N+](=O)[O-])cc1. The van der Waals surface area contributed by atoms with Gasteiger partial charge in [0.05, 0.1) is 22.0 Å². The van der Waals surface area contributed by atoms with Crippen LogP contribution in [0.15, 0.2) is 52.3 Å². The van der Waals surface area contributed by atoms with Crippen LogP contribution in [0.25, 0.3) is 0 Å². The van der Waals surface area contributed by atoms with Crippen LogP contribution in [0.4, 0.5) is 5.69 Å². The van der Waals surface area contributed by atoms with Gasteiger partial charge in [0.15, 0.2) is 0 Å². The number of amides is 1. The van der Waals surface area contributed by atoms with Crippen molar-refractivity contribution < 1.29 is 14.5 Å². The number of nitro groups is 1. The molecular formula is C20H22N2O4S. The van der Waals surface area contributed by atoms with E-state index in [0.717, 1.165) is 10.5 Å². The molecule has 0 aliphatic carbocycles. The molecule has 2 aromatic carbocycles. The zero-order valence-electron chi connectivity index (χ0n) is 15.5. The van der Waals surface area contributed by atoms with Crippen LogP contribution < -0.4 is 0 Å². The molecule has 1 amide bonds. The summed E-state index contributed by atoms with van der Waals surface area (Å²) in [4.78, 5) is 27.1. The minimum absolute atomic E-state index is 0.0518. The number of nitrogens with zero attached hydrogens (tertiary/aromatic N) is 2. The van der Waals surface area contributed by atoms with E-state index in [1.54, 1.807) is 17.0 Å². The van der Waals surface area contributed by atoms with E-state index >= 15 is 0 Å². The normalized spacial score (nSPS) is 19.7. The molecule has 6 nitrogen and oxygen atoms in total. The molecular weight excluding hydrogens is 364 g/mol. The Morgan fingerprint density at radius 2 is 1.78 bits per heavy atom. The van der Waals surface area contributed by atoms with Gasteiger partial charge in [-0.25, -0.2) is 0 Å². The Bertz CT molecular complexity index is 844. The number of hydrogen-bond acceptors (Lipinski definition) is 5. The van der Waals surface area contributed by atoms with Crippen LogP contribution in [0.1, 0.15) is 29.8 Å². The molecule has 0 saturated carbocycles. The van der Waals surface area contributed by atoms with Crippen molar-refractivity contribution >= 4 is 23.4 Å². The largest absolute Gasteiger partial charge is 0.372 e. The maximum Gasteiger partial charge on any atom is 0.284 e. The summed E-state index contributed by atoms with van der Waals surface area (Å²) in [6, 6.07) is 12.5. The number of aryl methyl sites for hydroxylation is 1. The van der Waals surface area contributed by atoms with Crippen LogP contribution >= 0.6 is 11.8 Å². The van der Waals surface area contributed by atoms with Crippen LogP contribution in [-0.2, 0) is 4.74 Å². The average molecular weight is 386 g/mol. The van der Waals surface area contributed by atoms with Gasteiger partial charge < -0.3 is 9.64 Å². The number of nitro benzene ring substituents is 1. The topological polar surface area (TPSA) is 72.7 Å². The maximum atomic E-state index is 12.8. The summed E-state index contributed by atoms with van der Waals surface area (Å²) >= 11 is 1.32. The predicted molar refractivity (Wildman–Crippen MR) is 104 cm³/mol. The lowest BCUT2D eigenvalue weighted by molar-refractivity contribution is -0.387. The van der Waals surface area contributed by atoms with E-state index < -0.39 is 4.92 Å². The first-order valence-electron chi connectivity index (χ1n) is 8.81. The quantitative estimate of drug-likeness (QED) is 0.578. The second-order valence-corrected chi connectivity index (χ2v) is 7.94. The molecule has 0 N–H and O–H groups in total. The van der Waals surface area contributed by atoms with E-state index in [1.807, 2.05) is 45.0 Å². The van der Waals surface area contributed by atoms with Gasteiger partial charge in [0, 0.05) is 29.6 Å². The van der Waals surface area contributed by atoms with Crippen molar-refractivity contribution in [3.8, 4) is 0 Å². The Morgan fingerprint density at radius 3 is 2.37 bits per heavy atom. The Hall–Kier alpha value is -2.38. The first-order valence-corrected chi connectivity index (χ1v) is 9.63. The van der Waals surface area contributed by atoms with E-state index in [4.69, 9.17) is 4.74 Å². The third kappa shape index (κ3) is 4.67. The summed E-state index contributed by atoms with van der Waals surface area (Å²) < 4.78 is 5.65. The second-order valence-electron chi connectivity index (χ2n) is 6.82. The molecule has 0 radical (unpaired) electrons. The Labute approximate surface area is 162 Å². The van der Waals surface area contributed by atoms with Gasteiger partial charge in [-0.05, 0) is 45.0 Å². The van der Waals surface area contributed by atoms with Gasteiger partial charge in [-0.15, -0.1) is 0 Å². The van der Waals surface area contributed by atoms with Gasteiger partial charge >= 0.3 is 0 Å². The molecule has 1 fully saturated rings. The molecule has 1 aliphatic heterocycles. The molecule has 0 aromatic heterocycles. The van der Waals surface area contributed by atoms with E-state index in [1.165, 1.54) is 17.8 Å². The van der Waals surface area contributed by atoms with Crippen molar-refractivity contribution in [2.45, 2.75) is 42.8 Å². The van der Waals surface area contributed by atoms with E-state index in [2.05, 4.69) is 0 Å². The van der Waals surface area contributed by atoms with E-state index in [9.17, 15) is 14.9 Å². The molecule has 2 unspecified atom stereocenters. The summed E-state index contributed by atoms with van der Waals surface area (Å²) in [6.07, 6.45) is -0.104. The smallest absolute Gasteiger partial charge is 0.284 e. The summed E-state index contributed by atoms with van der Waals surface area (Å²) in [5.41, 5.74) is 1.40. The minimum atomic E-state index is -0.433. The number of morpholine rings is 1. The molecule has 7 heteroatoms. The van der Waals surface area contributed by atoms with Crippen LogP contribution in [-0.4, -0.2) is 41.0 Å². The van der Waals surface area contributed by atoms with Crippen molar-refractivity contribution in [3.63, 3.8) is 0 Å². The third-order valence-corrected chi connectivity index (χ3v) is 5.43. The third-order valence-electron chi connectivity index (χ3n) is 4.36. The summed E-state index contributed by atoms with van der Waals surface area (Å²) in [6.45, 7) is 6.79. The zero-order chi connectivity index (χ0) is 19.6. The Morgan fingerprint density at radius 1 is 1.15 bits per heavy atom. The maximum absolute atomic E-state index is 12.8. The molecule has 27 heavy (non-hydrogen) atoms. The fourth-order valence-electron chi connectivity index (χ4n) is 3.14. The lowest BCUT2D eigenvalue weighted by atomic mass is 10.1. The molecule has 2 atom stereocenters. The Balaban J connectivity index is 1.85. The van der Waals surface area contributed by atoms with Gasteiger partial charge in [-0.3, -0.25) is 14.9 Å². The molecule has 3 rings (SSSR count). The lowest BCUT2D eigenvalue weighted by Crippen LogP contribution is -2.48. The minimum Gasteiger partial charge on any atom is -0.372 e. The van der Waals surface area contributed by atoms with Gasteiger partial charge in [-0.2, -0.15) is 0 Å². The van der Waals surface area contributed by atoms with Crippen molar-refractivity contribution in [1.82, 2.24) is 4.90 Å². The summed E-state index contributed by atoms with van der Waals surface area (Å²) in [7, 11) is 0. The summed E-state index contributed by atoms with van der Waals surface area (Å²) in [5.74, 6) is -0.202. The van der Waals surface area contributed by atoms with Crippen molar-refractivity contribution in [2.24, 2.45) is 0 Å². The number of ether oxygens (including phenoxy) is 1. The van der Waals surface area contributed by atoms with Crippen LogP contribution in [0, 0.1) is 17.0 Å². The fraction of sp³-hybridized carbons (Fsp3) is 0.350. The lowest BCUT2D eigenvalue weighted by Gasteiger charge is -2.35. The molecule has 1 saturated heterocycles. The van der Waals surface area contributed by atoms with Crippen LogP contribution in [0.3, 0.4) is 0 Å². The highest BCUT2D eigenvalue weighted by Gasteiger charge is 2.28. The molecule has 1 aliphatic rings.